The van der Waals surface area contributed by atoms with Crippen LogP contribution in [-0.2, 0) is 25.2 Å². The number of likely N-dealkylation sites (N-methyl/N-ethyl adjacent to an activating group) is 1. The third-order valence-electron chi connectivity index (χ3n) is 6.41. The van der Waals surface area contributed by atoms with Gasteiger partial charge in [0.25, 0.3) is 0 Å². The fourth-order valence-electron chi connectivity index (χ4n) is 4.70. The van der Waals surface area contributed by atoms with Crippen LogP contribution in [0.5, 0.6) is 0 Å². The molecular formula is C25H32F3N3O5. The van der Waals surface area contributed by atoms with Crippen LogP contribution in [0.4, 0.5) is 18.0 Å². The monoisotopic (exact) mass is 511 g/mol. The van der Waals surface area contributed by atoms with Crippen molar-refractivity contribution in [2.24, 2.45) is 5.92 Å². The van der Waals surface area contributed by atoms with E-state index in [4.69, 9.17) is 9.47 Å². The molecule has 11 heteroatoms. The summed E-state index contributed by atoms with van der Waals surface area (Å²) < 4.78 is 51.9. The Morgan fingerprint density at radius 1 is 1.06 bits per heavy atom. The number of halogens is 3. The number of benzene rings is 1. The van der Waals surface area contributed by atoms with Crippen molar-refractivity contribution in [3.05, 3.63) is 46.7 Å². The Morgan fingerprint density at radius 3 is 2.28 bits per heavy atom. The van der Waals surface area contributed by atoms with Gasteiger partial charge in [0.15, 0.2) is 0 Å². The van der Waals surface area contributed by atoms with Crippen LogP contribution in [-0.4, -0.2) is 67.2 Å². The van der Waals surface area contributed by atoms with Crippen LogP contribution in [0.1, 0.15) is 50.8 Å². The number of carbonyl (C=O) groups excluding carboxylic acids is 3. The Labute approximate surface area is 208 Å². The molecule has 2 aliphatic rings. The molecule has 0 spiro atoms. The normalized spacial score (nSPS) is 19.8. The van der Waals surface area contributed by atoms with E-state index in [1.165, 1.54) is 23.1 Å². The van der Waals surface area contributed by atoms with Gasteiger partial charge < -0.3 is 14.8 Å². The Morgan fingerprint density at radius 2 is 1.69 bits per heavy atom. The van der Waals surface area contributed by atoms with Crippen LogP contribution < -0.4 is 5.32 Å². The molecule has 1 atom stereocenters. The molecule has 198 valence electrons. The van der Waals surface area contributed by atoms with Crippen molar-refractivity contribution in [3.8, 4) is 0 Å². The number of amides is 2. The average Bonchev–Trinajstić information content (AvgIpc) is 2.84. The predicted molar refractivity (Wildman–Crippen MR) is 125 cm³/mol. The summed E-state index contributed by atoms with van der Waals surface area (Å²) in [5, 5.41) is 2.59. The van der Waals surface area contributed by atoms with Gasteiger partial charge in [0.1, 0.15) is 0 Å². The van der Waals surface area contributed by atoms with Gasteiger partial charge in [0, 0.05) is 18.8 Å². The van der Waals surface area contributed by atoms with E-state index in [1.807, 2.05) is 4.90 Å². The molecule has 0 radical (unpaired) electrons. The number of hydrogen-bond donors (Lipinski definition) is 1. The molecule has 1 saturated heterocycles. The molecule has 0 aliphatic carbocycles. The Hall–Kier alpha value is -3.08. The number of piperidine rings is 1. The largest absolute Gasteiger partial charge is 0.466 e. The highest BCUT2D eigenvalue weighted by atomic mass is 19.4. The van der Waals surface area contributed by atoms with Crippen molar-refractivity contribution in [3.63, 3.8) is 0 Å². The van der Waals surface area contributed by atoms with Crippen LogP contribution in [0.25, 0.3) is 0 Å². The van der Waals surface area contributed by atoms with E-state index >= 15 is 0 Å². The van der Waals surface area contributed by atoms with Gasteiger partial charge >= 0.3 is 24.1 Å². The fraction of sp³-hybridized carbons (Fsp3) is 0.560. The summed E-state index contributed by atoms with van der Waals surface area (Å²) in [5.74, 6) is -1.27. The molecule has 2 heterocycles. The molecule has 0 aromatic heterocycles. The molecule has 2 aliphatic heterocycles. The third kappa shape index (κ3) is 6.00. The number of nitrogens with one attached hydrogen (secondary N) is 1. The Kier molecular flexibility index (Phi) is 8.99. The molecule has 1 fully saturated rings. The zero-order chi connectivity index (χ0) is 26.5. The number of nitrogens with zero attached hydrogens (tertiary/aromatic N) is 2. The molecule has 3 rings (SSSR count). The number of alkyl halides is 3. The quantitative estimate of drug-likeness (QED) is 0.533. The second-order valence-electron chi connectivity index (χ2n) is 8.60. The van der Waals surface area contributed by atoms with Crippen molar-refractivity contribution >= 4 is 18.0 Å². The first-order valence-corrected chi connectivity index (χ1v) is 12.2. The first kappa shape index (κ1) is 27.5. The van der Waals surface area contributed by atoms with Crippen LogP contribution in [0.3, 0.4) is 0 Å². The molecule has 1 aromatic rings. The summed E-state index contributed by atoms with van der Waals surface area (Å²) in [6.07, 6.45) is -3.60. The number of carbonyl (C=O) groups is 3. The summed E-state index contributed by atoms with van der Waals surface area (Å²) in [4.78, 5) is 41.6. The van der Waals surface area contributed by atoms with Crippen LogP contribution in [0.2, 0.25) is 0 Å². The van der Waals surface area contributed by atoms with E-state index in [-0.39, 0.29) is 42.7 Å². The van der Waals surface area contributed by atoms with Gasteiger partial charge in [-0.25, -0.2) is 9.59 Å². The minimum atomic E-state index is -4.68. The topological polar surface area (TPSA) is 88.2 Å². The van der Waals surface area contributed by atoms with E-state index in [0.29, 0.717) is 38.2 Å². The van der Waals surface area contributed by atoms with E-state index in [2.05, 4.69) is 5.32 Å². The molecule has 1 unspecified atom stereocenters. The minimum Gasteiger partial charge on any atom is -0.466 e. The van der Waals surface area contributed by atoms with Gasteiger partial charge in [-0.05, 0) is 58.3 Å². The van der Waals surface area contributed by atoms with Crippen molar-refractivity contribution in [2.75, 3.05) is 39.4 Å². The zero-order valence-electron chi connectivity index (χ0n) is 20.7. The minimum absolute atomic E-state index is 0.0221. The number of hydrogen-bond acceptors (Lipinski definition) is 6. The van der Waals surface area contributed by atoms with Gasteiger partial charge in [0.2, 0.25) is 0 Å². The highest BCUT2D eigenvalue weighted by Gasteiger charge is 2.43. The maximum absolute atomic E-state index is 13.8. The second kappa shape index (κ2) is 11.8. The number of esters is 2. The van der Waals surface area contributed by atoms with Crippen molar-refractivity contribution in [2.45, 2.75) is 45.8 Å². The van der Waals surface area contributed by atoms with Gasteiger partial charge in [-0.2, -0.15) is 13.2 Å². The lowest BCUT2D eigenvalue weighted by Crippen LogP contribution is -2.51. The zero-order valence-corrected chi connectivity index (χ0v) is 20.7. The number of urea groups is 1. The smallest absolute Gasteiger partial charge is 0.416 e. The van der Waals surface area contributed by atoms with Crippen LogP contribution in [0.15, 0.2) is 35.5 Å². The average molecular weight is 512 g/mol. The first-order chi connectivity index (χ1) is 17.1. The third-order valence-corrected chi connectivity index (χ3v) is 6.41. The number of rotatable bonds is 8. The summed E-state index contributed by atoms with van der Waals surface area (Å²) in [5.41, 5.74) is -0.883. The van der Waals surface area contributed by atoms with E-state index in [0.717, 1.165) is 6.07 Å². The van der Waals surface area contributed by atoms with Crippen LogP contribution >= 0.6 is 0 Å². The van der Waals surface area contributed by atoms with E-state index in [9.17, 15) is 27.6 Å². The molecule has 2 amide bonds. The fourth-order valence-corrected chi connectivity index (χ4v) is 4.70. The lowest BCUT2D eigenvalue weighted by molar-refractivity contribution is -0.149. The maximum atomic E-state index is 13.8. The van der Waals surface area contributed by atoms with Gasteiger partial charge in [-0.15, -0.1) is 0 Å². The van der Waals surface area contributed by atoms with Crippen molar-refractivity contribution in [1.29, 1.82) is 0 Å². The van der Waals surface area contributed by atoms with Crippen molar-refractivity contribution in [1.82, 2.24) is 15.1 Å². The Bertz CT molecular complexity index is 1000. The molecule has 0 saturated carbocycles. The number of ether oxygens (including phenoxy) is 2. The molecular weight excluding hydrogens is 479 g/mol. The number of likely N-dealkylation sites (tertiary alicyclic amines) is 1. The van der Waals surface area contributed by atoms with E-state index < -0.39 is 29.8 Å². The molecule has 8 nitrogen and oxygen atoms in total. The predicted octanol–water partition coefficient (Wildman–Crippen LogP) is 3.88. The molecule has 1 N–H and O–H groups in total. The van der Waals surface area contributed by atoms with Crippen LogP contribution in [0, 0.1) is 5.92 Å². The van der Waals surface area contributed by atoms with Gasteiger partial charge in [0.05, 0.1) is 36.3 Å². The highest BCUT2D eigenvalue weighted by Crippen LogP contribution is 2.39. The second-order valence-corrected chi connectivity index (χ2v) is 8.60. The van der Waals surface area contributed by atoms with Gasteiger partial charge in [-0.3, -0.25) is 14.6 Å². The lowest BCUT2D eigenvalue weighted by atomic mass is 9.90. The summed E-state index contributed by atoms with van der Waals surface area (Å²) in [7, 11) is 0. The molecule has 36 heavy (non-hydrogen) atoms. The summed E-state index contributed by atoms with van der Waals surface area (Å²) >= 11 is 0. The molecule has 0 bridgehead atoms. The van der Waals surface area contributed by atoms with Gasteiger partial charge in [-0.1, -0.05) is 18.2 Å². The Balaban J connectivity index is 2.02. The standard InChI is InChI=1S/C25H32F3N3O5/c1-4-31-19(15-30-13-11-16(12-14-30)22(32)35-5-2)20(23(33)36-6-3)21(29-24(31)34)17-9-7-8-10-18(17)25(26,27)28/h7-10,16,21H,4-6,11-15H2,1-3H3,(H,29,34). The maximum Gasteiger partial charge on any atom is 0.416 e. The van der Waals surface area contributed by atoms with Crippen molar-refractivity contribution < 1.29 is 37.0 Å². The molecule has 1 aromatic carbocycles. The lowest BCUT2D eigenvalue weighted by Gasteiger charge is -2.40. The first-order valence-electron chi connectivity index (χ1n) is 12.2. The SMILES string of the molecule is CCOC(=O)C1=C(CN2CCC(C(=O)OCC)CC2)N(CC)C(=O)NC1c1ccccc1C(F)(F)F. The summed E-state index contributed by atoms with van der Waals surface area (Å²) in [6, 6.07) is 2.96. The summed E-state index contributed by atoms with van der Waals surface area (Å²) in [6.45, 7) is 6.77. The van der Waals surface area contributed by atoms with E-state index in [1.54, 1.807) is 20.8 Å². The highest BCUT2D eigenvalue weighted by molar-refractivity contribution is 5.95.